The molecule has 1 fully saturated rings. The Morgan fingerprint density at radius 3 is 2.50 bits per heavy atom. The van der Waals surface area contributed by atoms with E-state index in [0.717, 1.165) is 22.4 Å². The van der Waals surface area contributed by atoms with Crippen LogP contribution in [-0.4, -0.2) is 42.5 Å². The van der Waals surface area contributed by atoms with Gasteiger partial charge < -0.3 is 14.2 Å². The lowest BCUT2D eigenvalue weighted by Gasteiger charge is -2.16. The second-order valence-electron chi connectivity index (χ2n) is 7.67. The molecule has 0 saturated carbocycles. The van der Waals surface area contributed by atoms with Crippen LogP contribution in [0.5, 0.6) is 17.2 Å². The van der Waals surface area contributed by atoms with Crippen LogP contribution >= 0.6 is 35.6 Å². The first-order valence-corrected chi connectivity index (χ1v) is 11.8. The molecule has 2 aromatic rings. The van der Waals surface area contributed by atoms with E-state index in [1.54, 1.807) is 32.4 Å². The summed E-state index contributed by atoms with van der Waals surface area (Å²) in [7, 11) is 3.21. The molecular formula is C24H26ClNO4S2. The quantitative estimate of drug-likeness (QED) is 0.254. The minimum Gasteiger partial charge on any atom is -0.493 e. The summed E-state index contributed by atoms with van der Waals surface area (Å²) in [4.78, 5) is 14.2. The summed E-state index contributed by atoms with van der Waals surface area (Å²) in [6, 6.07) is 9.74. The molecular weight excluding hydrogens is 466 g/mol. The third-order valence-corrected chi connectivity index (χ3v) is 6.68. The Morgan fingerprint density at radius 1 is 1.16 bits per heavy atom. The Bertz CT molecular complexity index is 1070. The second kappa shape index (κ2) is 10.6. The van der Waals surface area contributed by atoms with Crippen molar-refractivity contribution in [3.05, 3.63) is 56.9 Å². The number of nitrogens with zero attached hydrogens (tertiary/aromatic N) is 1. The van der Waals surface area contributed by atoms with E-state index in [-0.39, 0.29) is 5.91 Å². The fraction of sp³-hybridized carbons (Fsp3) is 0.333. The molecule has 32 heavy (non-hydrogen) atoms. The Kier molecular flexibility index (Phi) is 8.09. The van der Waals surface area contributed by atoms with Crippen molar-refractivity contribution in [3.63, 3.8) is 0 Å². The van der Waals surface area contributed by atoms with Crippen LogP contribution in [0.25, 0.3) is 6.08 Å². The zero-order valence-electron chi connectivity index (χ0n) is 18.7. The van der Waals surface area contributed by atoms with Crippen molar-refractivity contribution in [2.75, 3.05) is 27.4 Å². The molecule has 5 nitrogen and oxygen atoms in total. The number of carbonyl (C=O) groups excluding carboxylic acids is 1. The molecule has 0 atom stereocenters. The van der Waals surface area contributed by atoms with Gasteiger partial charge in [0.1, 0.15) is 23.3 Å². The Balaban J connectivity index is 1.70. The number of likely N-dealkylation sites (N-methyl/N-ethyl adjacent to an activating group) is 1. The van der Waals surface area contributed by atoms with Gasteiger partial charge >= 0.3 is 0 Å². The van der Waals surface area contributed by atoms with Crippen molar-refractivity contribution in [1.29, 1.82) is 0 Å². The SMILES string of the molecule is COc1cc(C=C2SC(=S)N(C)C2=O)cc(Cl)c1OCCOc1cc(C)ccc1C(C)C. The Morgan fingerprint density at radius 2 is 1.88 bits per heavy atom. The van der Waals surface area contributed by atoms with Crippen LogP contribution in [0.15, 0.2) is 35.2 Å². The largest absolute Gasteiger partial charge is 0.493 e. The fourth-order valence-electron chi connectivity index (χ4n) is 3.20. The third-order valence-electron chi connectivity index (χ3n) is 4.91. The molecule has 2 aromatic carbocycles. The summed E-state index contributed by atoms with van der Waals surface area (Å²) in [6.07, 6.45) is 1.75. The second-order valence-corrected chi connectivity index (χ2v) is 9.75. The van der Waals surface area contributed by atoms with Gasteiger partial charge in [-0.3, -0.25) is 9.69 Å². The van der Waals surface area contributed by atoms with E-state index in [1.807, 2.05) is 13.0 Å². The van der Waals surface area contributed by atoms with Crippen molar-refractivity contribution >= 4 is 51.9 Å². The molecule has 0 aromatic heterocycles. The number of thiocarbonyl (C=S) groups is 1. The van der Waals surface area contributed by atoms with Gasteiger partial charge in [0.15, 0.2) is 11.5 Å². The van der Waals surface area contributed by atoms with E-state index >= 15 is 0 Å². The number of aryl methyl sites for hydroxylation is 1. The number of halogens is 1. The van der Waals surface area contributed by atoms with Crippen molar-refractivity contribution in [3.8, 4) is 17.2 Å². The van der Waals surface area contributed by atoms with E-state index in [9.17, 15) is 4.79 Å². The zero-order chi connectivity index (χ0) is 23.4. The first kappa shape index (κ1) is 24.4. The number of hydrogen-bond acceptors (Lipinski definition) is 6. The van der Waals surface area contributed by atoms with Gasteiger partial charge in [-0.25, -0.2) is 0 Å². The number of ether oxygens (including phenoxy) is 3. The third kappa shape index (κ3) is 5.57. The number of thioether (sulfide) groups is 1. The van der Waals surface area contributed by atoms with E-state index in [2.05, 4.69) is 26.0 Å². The number of carbonyl (C=O) groups is 1. The van der Waals surface area contributed by atoms with Crippen LogP contribution in [0.2, 0.25) is 5.02 Å². The maximum absolute atomic E-state index is 12.3. The lowest BCUT2D eigenvalue weighted by Crippen LogP contribution is -2.22. The molecule has 3 rings (SSSR count). The zero-order valence-corrected chi connectivity index (χ0v) is 21.1. The van der Waals surface area contributed by atoms with Crippen LogP contribution in [0.1, 0.15) is 36.5 Å². The minimum atomic E-state index is -0.135. The van der Waals surface area contributed by atoms with Crippen molar-refractivity contribution in [2.45, 2.75) is 26.7 Å². The monoisotopic (exact) mass is 491 g/mol. The van der Waals surface area contributed by atoms with E-state index in [4.69, 9.17) is 38.0 Å². The van der Waals surface area contributed by atoms with Gasteiger partial charge in [0, 0.05) is 7.05 Å². The number of hydrogen-bond donors (Lipinski definition) is 0. The molecule has 1 aliphatic rings. The maximum atomic E-state index is 12.3. The molecule has 0 aliphatic carbocycles. The highest BCUT2D eigenvalue weighted by Gasteiger charge is 2.28. The number of methoxy groups -OCH3 is 1. The van der Waals surface area contributed by atoms with E-state index in [1.165, 1.54) is 16.7 Å². The van der Waals surface area contributed by atoms with Gasteiger partial charge in [0.25, 0.3) is 5.91 Å². The van der Waals surface area contributed by atoms with E-state index < -0.39 is 0 Å². The maximum Gasteiger partial charge on any atom is 0.265 e. The van der Waals surface area contributed by atoms with Gasteiger partial charge in [-0.15, -0.1) is 0 Å². The standard InChI is InChI=1S/C24H26ClNO4S2/c1-14(2)17-7-6-15(3)10-19(17)29-8-9-30-22-18(25)11-16(12-20(22)28-5)13-21-23(27)26(4)24(31)32-21/h6-7,10-14H,8-9H2,1-5H3. The van der Waals surface area contributed by atoms with Crippen molar-refractivity contribution < 1.29 is 19.0 Å². The molecule has 170 valence electrons. The van der Waals surface area contributed by atoms with Crippen molar-refractivity contribution in [1.82, 2.24) is 4.90 Å². The molecule has 0 unspecified atom stereocenters. The number of amides is 1. The average molecular weight is 492 g/mol. The average Bonchev–Trinajstić information content (AvgIpc) is 2.98. The van der Waals surface area contributed by atoms with Crippen LogP contribution in [0.4, 0.5) is 0 Å². The highest BCUT2D eigenvalue weighted by atomic mass is 35.5. The van der Waals surface area contributed by atoms with Crippen LogP contribution in [0.3, 0.4) is 0 Å². The van der Waals surface area contributed by atoms with E-state index in [0.29, 0.717) is 44.9 Å². The molecule has 0 radical (unpaired) electrons. The summed E-state index contributed by atoms with van der Waals surface area (Å²) in [5.74, 6) is 2.01. The summed E-state index contributed by atoms with van der Waals surface area (Å²) in [5, 5.41) is 0.390. The van der Waals surface area contributed by atoms with Gasteiger partial charge in [-0.2, -0.15) is 0 Å². The minimum absolute atomic E-state index is 0.135. The summed E-state index contributed by atoms with van der Waals surface area (Å²) in [5.41, 5.74) is 3.03. The highest BCUT2D eigenvalue weighted by Crippen LogP contribution is 2.39. The lowest BCUT2D eigenvalue weighted by molar-refractivity contribution is -0.121. The molecule has 1 aliphatic heterocycles. The fourth-order valence-corrected chi connectivity index (χ4v) is 4.65. The molecule has 0 N–H and O–H groups in total. The smallest absolute Gasteiger partial charge is 0.265 e. The first-order chi connectivity index (χ1) is 15.2. The summed E-state index contributed by atoms with van der Waals surface area (Å²) < 4.78 is 17.9. The predicted octanol–water partition coefficient (Wildman–Crippen LogP) is 6.07. The van der Waals surface area contributed by atoms with Gasteiger partial charge in [-0.1, -0.05) is 61.6 Å². The number of rotatable bonds is 8. The molecule has 0 bridgehead atoms. The Hall–Kier alpha value is -2.22. The number of benzene rings is 2. The Labute approximate surface area is 203 Å². The van der Waals surface area contributed by atoms with Gasteiger partial charge in [-0.05, 0) is 53.8 Å². The lowest BCUT2D eigenvalue weighted by atomic mass is 10.0. The molecule has 8 heteroatoms. The van der Waals surface area contributed by atoms with Crippen molar-refractivity contribution in [2.24, 2.45) is 0 Å². The first-order valence-electron chi connectivity index (χ1n) is 10.2. The molecule has 1 saturated heterocycles. The van der Waals surface area contributed by atoms with Crippen LogP contribution < -0.4 is 14.2 Å². The topological polar surface area (TPSA) is 48.0 Å². The molecule has 1 amide bonds. The summed E-state index contributed by atoms with van der Waals surface area (Å²) in [6.45, 7) is 6.98. The molecule has 0 spiro atoms. The van der Waals surface area contributed by atoms with Gasteiger partial charge in [0.05, 0.1) is 17.0 Å². The molecule has 1 heterocycles. The predicted molar refractivity (Wildman–Crippen MR) is 135 cm³/mol. The summed E-state index contributed by atoms with van der Waals surface area (Å²) >= 11 is 12.9. The highest BCUT2D eigenvalue weighted by molar-refractivity contribution is 8.26. The normalized spacial score (nSPS) is 15.1. The van der Waals surface area contributed by atoms with Crippen LogP contribution in [-0.2, 0) is 4.79 Å². The van der Waals surface area contributed by atoms with Crippen LogP contribution in [0, 0.1) is 6.92 Å². The van der Waals surface area contributed by atoms with Gasteiger partial charge in [0.2, 0.25) is 0 Å².